The Labute approximate surface area is 211 Å². The number of fused-ring (bicyclic) bond motifs is 1. The molecule has 3 aromatic carbocycles. The van der Waals surface area contributed by atoms with Crippen molar-refractivity contribution < 1.29 is 14.7 Å². The van der Waals surface area contributed by atoms with Crippen LogP contribution in [0.5, 0.6) is 0 Å². The molecule has 6 nitrogen and oxygen atoms in total. The maximum absolute atomic E-state index is 11.9. The van der Waals surface area contributed by atoms with E-state index in [1.165, 1.54) is 6.92 Å². The maximum Gasteiger partial charge on any atom is 0.217 e. The fourth-order valence-electron chi connectivity index (χ4n) is 5.11. The van der Waals surface area contributed by atoms with Crippen LogP contribution in [0, 0.1) is 6.92 Å². The van der Waals surface area contributed by atoms with Gasteiger partial charge in [0, 0.05) is 41.2 Å². The normalized spacial score (nSPS) is 18.9. The summed E-state index contributed by atoms with van der Waals surface area (Å²) in [7, 11) is 0. The van der Waals surface area contributed by atoms with Gasteiger partial charge in [-0.2, -0.15) is 5.48 Å². The Morgan fingerprint density at radius 1 is 1.08 bits per heavy atom. The van der Waals surface area contributed by atoms with Crippen LogP contribution in [0.4, 0.5) is 0 Å². The number of nitrogens with one attached hydrogen (secondary N) is 3. The number of rotatable bonds is 6. The van der Waals surface area contributed by atoms with E-state index in [9.17, 15) is 9.90 Å². The number of aliphatic hydroxyl groups excluding tert-OH is 1. The lowest BCUT2D eigenvalue weighted by atomic mass is 9.80. The van der Waals surface area contributed by atoms with Crippen LogP contribution in [0.2, 0.25) is 0 Å². The van der Waals surface area contributed by atoms with Crippen LogP contribution in [-0.4, -0.2) is 22.6 Å². The average Bonchev–Trinajstić information content (AvgIpc) is 3.23. The number of carbonyl (C=O) groups is 1. The summed E-state index contributed by atoms with van der Waals surface area (Å²) >= 11 is 0. The molecule has 5 rings (SSSR count). The van der Waals surface area contributed by atoms with Gasteiger partial charge in [0.05, 0.1) is 12.5 Å². The summed E-state index contributed by atoms with van der Waals surface area (Å²) < 4.78 is 0. The van der Waals surface area contributed by atoms with Gasteiger partial charge < -0.3 is 15.4 Å². The van der Waals surface area contributed by atoms with Crippen molar-refractivity contribution >= 4 is 16.8 Å². The summed E-state index contributed by atoms with van der Waals surface area (Å²) in [6.45, 7) is 6.09. The second kappa shape index (κ2) is 9.64. The van der Waals surface area contributed by atoms with Gasteiger partial charge in [-0.25, -0.2) is 0 Å². The van der Waals surface area contributed by atoms with Crippen LogP contribution in [0.15, 0.2) is 90.2 Å². The highest BCUT2D eigenvalue weighted by atomic mass is 16.6. The van der Waals surface area contributed by atoms with Gasteiger partial charge >= 0.3 is 0 Å². The summed E-state index contributed by atoms with van der Waals surface area (Å²) in [5.74, 6) is -0.176. The van der Waals surface area contributed by atoms with Crippen molar-refractivity contribution in [2.45, 2.75) is 38.8 Å². The zero-order chi connectivity index (χ0) is 25.3. The molecule has 2 heterocycles. The standard InChI is InChI=1S/C30H31N3O3/c1-19-14-15-23-24(17-31-20(2)34)28(32-26(23)16-19)27(21-10-6-4-7-11-21)25-18-36-33-30(3,29(25)35)22-12-8-5-9-13-22/h4-16,27,32-33,35H,17-18H2,1-3H3,(H,31,34)/t27?,30-/m1/s1. The first-order valence-electron chi connectivity index (χ1n) is 12.2. The summed E-state index contributed by atoms with van der Waals surface area (Å²) in [6, 6.07) is 26.2. The van der Waals surface area contributed by atoms with E-state index in [1.807, 2.05) is 55.5 Å². The Morgan fingerprint density at radius 2 is 1.78 bits per heavy atom. The first-order valence-corrected chi connectivity index (χ1v) is 12.2. The number of H-pyrrole nitrogens is 1. The van der Waals surface area contributed by atoms with Crippen molar-refractivity contribution in [1.29, 1.82) is 0 Å². The SMILES string of the molecule is CC(=O)NCc1c(C(C2=C(O)[C@@](C)(c3ccccc3)NOC2)c2ccccc2)[nH]c2cc(C)ccc12. The highest BCUT2D eigenvalue weighted by Gasteiger charge is 2.40. The molecule has 1 aliphatic heterocycles. The Morgan fingerprint density at radius 3 is 2.47 bits per heavy atom. The van der Waals surface area contributed by atoms with E-state index in [4.69, 9.17) is 4.84 Å². The van der Waals surface area contributed by atoms with Gasteiger partial charge in [-0.1, -0.05) is 72.8 Å². The molecule has 184 valence electrons. The van der Waals surface area contributed by atoms with Gasteiger partial charge in [0.2, 0.25) is 5.91 Å². The second-order valence-electron chi connectivity index (χ2n) is 9.58. The van der Waals surface area contributed by atoms with Crippen LogP contribution in [0.25, 0.3) is 10.9 Å². The predicted octanol–water partition coefficient (Wildman–Crippen LogP) is 5.51. The third-order valence-corrected chi connectivity index (χ3v) is 7.01. The molecule has 0 aliphatic carbocycles. The molecule has 4 aromatic rings. The molecule has 1 aromatic heterocycles. The quantitative estimate of drug-likeness (QED) is 0.293. The minimum Gasteiger partial charge on any atom is -0.510 e. The van der Waals surface area contributed by atoms with Crippen molar-refractivity contribution in [3.63, 3.8) is 0 Å². The number of aromatic amines is 1. The zero-order valence-corrected chi connectivity index (χ0v) is 20.8. The summed E-state index contributed by atoms with van der Waals surface area (Å²) in [6.07, 6.45) is 0. The molecule has 1 aliphatic rings. The van der Waals surface area contributed by atoms with Crippen LogP contribution >= 0.6 is 0 Å². The van der Waals surface area contributed by atoms with Gasteiger partial charge in [-0.15, -0.1) is 0 Å². The molecular weight excluding hydrogens is 450 g/mol. The Balaban J connectivity index is 1.75. The van der Waals surface area contributed by atoms with Gasteiger partial charge in [-0.05, 0) is 36.6 Å². The number of hydroxylamine groups is 1. The highest BCUT2D eigenvalue weighted by molar-refractivity contribution is 5.86. The smallest absolute Gasteiger partial charge is 0.217 e. The van der Waals surface area contributed by atoms with Gasteiger partial charge in [0.25, 0.3) is 0 Å². The van der Waals surface area contributed by atoms with Crippen LogP contribution < -0.4 is 10.8 Å². The van der Waals surface area contributed by atoms with Gasteiger partial charge in [0.1, 0.15) is 11.3 Å². The molecule has 2 atom stereocenters. The van der Waals surface area contributed by atoms with Crippen molar-refractivity contribution in [2.75, 3.05) is 6.61 Å². The van der Waals surface area contributed by atoms with Crippen LogP contribution in [-0.2, 0) is 21.7 Å². The van der Waals surface area contributed by atoms with Crippen molar-refractivity contribution in [2.24, 2.45) is 0 Å². The monoisotopic (exact) mass is 481 g/mol. The largest absolute Gasteiger partial charge is 0.510 e. The van der Waals surface area contributed by atoms with E-state index < -0.39 is 5.54 Å². The summed E-state index contributed by atoms with van der Waals surface area (Å²) in [4.78, 5) is 21.4. The number of aromatic nitrogens is 1. The molecule has 4 N–H and O–H groups in total. The summed E-state index contributed by atoms with van der Waals surface area (Å²) in [5.41, 5.74) is 8.89. The minimum absolute atomic E-state index is 0.0948. The predicted molar refractivity (Wildman–Crippen MR) is 141 cm³/mol. The number of hydrogen-bond donors (Lipinski definition) is 4. The molecule has 0 saturated carbocycles. The molecule has 6 heteroatoms. The molecule has 1 unspecified atom stereocenters. The van der Waals surface area contributed by atoms with E-state index in [1.54, 1.807) is 0 Å². The fourth-order valence-corrected chi connectivity index (χ4v) is 5.11. The van der Waals surface area contributed by atoms with Crippen molar-refractivity contribution in [3.8, 4) is 0 Å². The van der Waals surface area contributed by atoms with Crippen LogP contribution in [0.1, 0.15) is 47.7 Å². The number of benzene rings is 3. The number of aliphatic hydroxyl groups is 1. The average molecular weight is 482 g/mol. The second-order valence-corrected chi connectivity index (χ2v) is 9.58. The third kappa shape index (κ3) is 4.30. The molecule has 0 fully saturated rings. The fraction of sp³-hybridized carbons (Fsp3) is 0.233. The molecular formula is C30H31N3O3. The van der Waals surface area contributed by atoms with Crippen molar-refractivity contribution in [1.82, 2.24) is 15.8 Å². The highest BCUT2D eigenvalue weighted by Crippen LogP contribution is 2.43. The molecule has 0 spiro atoms. The van der Waals surface area contributed by atoms with Gasteiger partial charge in [-0.3, -0.25) is 9.63 Å². The Bertz CT molecular complexity index is 1430. The molecule has 0 saturated heterocycles. The number of amides is 1. The number of aryl methyl sites for hydroxylation is 1. The first kappa shape index (κ1) is 23.9. The van der Waals surface area contributed by atoms with E-state index >= 15 is 0 Å². The van der Waals surface area contributed by atoms with E-state index in [0.29, 0.717) is 6.54 Å². The van der Waals surface area contributed by atoms with Gasteiger partial charge in [0.15, 0.2) is 0 Å². The van der Waals surface area contributed by atoms with E-state index in [2.05, 4.69) is 53.0 Å². The molecule has 0 bridgehead atoms. The molecule has 36 heavy (non-hydrogen) atoms. The van der Waals surface area contributed by atoms with Crippen molar-refractivity contribution in [3.05, 3.63) is 118 Å². The van der Waals surface area contributed by atoms with E-state index in [0.717, 1.165) is 44.4 Å². The minimum atomic E-state index is -0.914. The van der Waals surface area contributed by atoms with E-state index in [-0.39, 0.29) is 24.2 Å². The number of carbonyl (C=O) groups excluding carboxylic acids is 1. The Kier molecular flexibility index (Phi) is 6.39. The summed E-state index contributed by atoms with van der Waals surface area (Å²) in [5, 5.41) is 15.8. The number of hydrogen-bond acceptors (Lipinski definition) is 4. The molecule has 0 radical (unpaired) electrons. The lowest BCUT2D eigenvalue weighted by Gasteiger charge is -2.38. The third-order valence-electron chi connectivity index (χ3n) is 7.01. The maximum atomic E-state index is 11.9. The lowest BCUT2D eigenvalue weighted by molar-refractivity contribution is -0.119. The molecule has 1 amide bonds. The lowest BCUT2D eigenvalue weighted by Crippen LogP contribution is -2.46. The Hall–Kier alpha value is -3.87. The van der Waals surface area contributed by atoms with Crippen LogP contribution in [0.3, 0.4) is 0 Å². The first-order chi connectivity index (χ1) is 17.4. The topological polar surface area (TPSA) is 86.4 Å². The zero-order valence-electron chi connectivity index (χ0n) is 20.8.